The molecule has 0 atom stereocenters. The Balaban J connectivity index is 1.45. The van der Waals surface area contributed by atoms with E-state index in [0.29, 0.717) is 0 Å². The highest BCUT2D eigenvalue weighted by Crippen LogP contribution is 2.26. The average Bonchev–Trinajstić information content (AvgIpc) is 3.03. The van der Waals surface area contributed by atoms with Gasteiger partial charge in [-0.1, -0.05) is 25.5 Å². The van der Waals surface area contributed by atoms with E-state index in [2.05, 4.69) is 40.2 Å². The van der Waals surface area contributed by atoms with Crippen molar-refractivity contribution in [1.29, 1.82) is 0 Å². The molecule has 0 unspecified atom stereocenters. The maximum absolute atomic E-state index is 5.58. The van der Waals surface area contributed by atoms with Crippen LogP contribution in [0.25, 0.3) is 0 Å². The van der Waals surface area contributed by atoms with Crippen LogP contribution in [-0.4, -0.2) is 54.2 Å². The quantitative estimate of drug-likeness (QED) is 0.660. The summed E-state index contributed by atoms with van der Waals surface area (Å²) in [5, 5.41) is 4.29. The molecule has 0 bridgehead atoms. The standard InChI is InChI=1S/C18H27N3OS/c1-2-3-7-19-18(23)21-10-8-20(9-11-21)14-15-4-5-17-16(13-15)6-12-22-17/h4-5,13H,2-3,6-12,14H2,1H3,(H,19,23). The molecular formula is C18H27N3OS. The second-order valence-electron chi connectivity index (χ2n) is 6.39. The van der Waals surface area contributed by atoms with Crippen molar-refractivity contribution in [2.24, 2.45) is 0 Å². The Labute approximate surface area is 144 Å². The summed E-state index contributed by atoms with van der Waals surface area (Å²) in [5.74, 6) is 1.07. The van der Waals surface area contributed by atoms with Crippen molar-refractivity contribution in [3.63, 3.8) is 0 Å². The number of fused-ring (bicyclic) bond motifs is 1. The molecule has 1 aromatic rings. The van der Waals surface area contributed by atoms with Crippen LogP contribution < -0.4 is 10.1 Å². The number of piperazine rings is 1. The topological polar surface area (TPSA) is 27.7 Å². The second-order valence-corrected chi connectivity index (χ2v) is 6.78. The van der Waals surface area contributed by atoms with Gasteiger partial charge in [-0.25, -0.2) is 0 Å². The molecule has 1 saturated heterocycles. The SMILES string of the molecule is CCCCNC(=S)N1CCN(Cc2ccc3c(c2)CCO3)CC1. The molecule has 3 rings (SSSR count). The first-order chi connectivity index (χ1) is 11.3. The fraction of sp³-hybridized carbons (Fsp3) is 0.611. The summed E-state index contributed by atoms with van der Waals surface area (Å²) < 4.78 is 5.58. The van der Waals surface area contributed by atoms with Crippen molar-refractivity contribution in [3.8, 4) is 5.75 Å². The molecule has 1 aromatic carbocycles. The lowest BCUT2D eigenvalue weighted by molar-refractivity contribution is 0.174. The van der Waals surface area contributed by atoms with Crippen LogP contribution in [0.4, 0.5) is 0 Å². The van der Waals surface area contributed by atoms with E-state index in [4.69, 9.17) is 17.0 Å². The van der Waals surface area contributed by atoms with Crippen LogP contribution in [0.2, 0.25) is 0 Å². The fourth-order valence-corrected chi connectivity index (χ4v) is 3.47. The van der Waals surface area contributed by atoms with E-state index in [9.17, 15) is 0 Å². The number of unbranched alkanes of at least 4 members (excludes halogenated alkanes) is 1. The molecule has 0 amide bonds. The summed E-state index contributed by atoms with van der Waals surface area (Å²) in [6.07, 6.45) is 3.44. The van der Waals surface area contributed by atoms with Crippen LogP contribution in [0.5, 0.6) is 5.75 Å². The van der Waals surface area contributed by atoms with E-state index in [0.717, 1.165) is 63.2 Å². The Bertz CT molecular complexity index is 541. The lowest BCUT2D eigenvalue weighted by atomic mass is 10.1. The Kier molecular flexibility index (Phi) is 5.73. The molecule has 2 aliphatic rings. The van der Waals surface area contributed by atoms with Gasteiger partial charge in [-0.2, -0.15) is 0 Å². The van der Waals surface area contributed by atoms with Gasteiger partial charge in [0.2, 0.25) is 0 Å². The van der Waals surface area contributed by atoms with Crippen molar-refractivity contribution >= 4 is 17.3 Å². The first kappa shape index (κ1) is 16.5. The monoisotopic (exact) mass is 333 g/mol. The van der Waals surface area contributed by atoms with E-state index < -0.39 is 0 Å². The van der Waals surface area contributed by atoms with E-state index >= 15 is 0 Å². The summed E-state index contributed by atoms with van der Waals surface area (Å²) in [7, 11) is 0. The third-order valence-corrected chi connectivity index (χ3v) is 5.03. The number of ether oxygens (including phenoxy) is 1. The highest BCUT2D eigenvalue weighted by molar-refractivity contribution is 7.80. The number of benzene rings is 1. The van der Waals surface area contributed by atoms with Gasteiger partial charge in [0.15, 0.2) is 5.11 Å². The molecule has 0 saturated carbocycles. The van der Waals surface area contributed by atoms with Gasteiger partial charge in [-0.15, -0.1) is 0 Å². The predicted molar refractivity (Wildman–Crippen MR) is 98.0 cm³/mol. The maximum Gasteiger partial charge on any atom is 0.169 e. The number of hydrogen-bond donors (Lipinski definition) is 1. The molecule has 2 aliphatic heterocycles. The molecular weight excluding hydrogens is 306 g/mol. The van der Waals surface area contributed by atoms with Gasteiger partial charge in [0.25, 0.3) is 0 Å². The lowest BCUT2D eigenvalue weighted by Crippen LogP contribution is -2.51. The normalized spacial score (nSPS) is 17.7. The van der Waals surface area contributed by atoms with Crippen molar-refractivity contribution < 1.29 is 4.74 Å². The minimum absolute atomic E-state index is 0.833. The highest BCUT2D eigenvalue weighted by Gasteiger charge is 2.19. The number of nitrogens with zero attached hydrogens (tertiary/aromatic N) is 2. The molecule has 0 aromatic heterocycles. The van der Waals surface area contributed by atoms with Crippen LogP contribution in [0.1, 0.15) is 30.9 Å². The first-order valence-electron chi connectivity index (χ1n) is 8.76. The van der Waals surface area contributed by atoms with Gasteiger partial charge < -0.3 is 15.0 Å². The summed E-state index contributed by atoms with van der Waals surface area (Å²) in [4.78, 5) is 4.82. The van der Waals surface area contributed by atoms with Gasteiger partial charge in [-0.3, -0.25) is 4.90 Å². The predicted octanol–water partition coefficient (Wildman–Crippen LogP) is 2.41. The summed E-state index contributed by atoms with van der Waals surface area (Å²) >= 11 is 5.49. The van der Waals surface area contributed by atoms with Crippen molar-refractivity contribution in [3.05, 3.63) is 29.3 Å². The molecule has 1 N–H and O–H groups in total. The molecule has 0 spiro atoms. The summed E-state index contributed by atoms with van der Waals surface area (Å²) in [5.41, 5.74) is 2.76. The van der Waals surface area contributed by atoms with Gasteiger partial charge in [-0.05, 0) is 35.8 Å². The van der Waals surface area contributed by atoms with Crippen LogP contribution in [-0.2, 0) is 13.0 Å². The third kappa shape index (κ3) is 4.36. The zero-order valence-corrected chi connectivity index (χ0v) is 14.8. The Morgan fingerprint density at radius 3 is 2.87 bits per heavy atom. The van der Waals surface area contributed by atoms with Gasteiger partial charge in [0.1, 0.15) is 5.75 Å². The Hall–Kier alpha value is -1.33. The van der Waals surface area contributed by atoms with E-state index in [-0.39, 0.29) is 0 Å². The van der Waals surface area contributed by atoms with Crippen molar-refractivity contribution in [2.75, 3.05) is 39.3 Å². The summed E-state index contributed by atoms with van der Waals surface area (Å²) in [6, 6.07) is 6.64. The van der Waals surface area contributed by atoms with E-state index in [1.807, 2.05) is 0 Å². The second kappa shape index (κ2) is 7.97. The Morgan fingerprint density at radius 1 is 1.26 bits per heavy atom. The molecule has 126 valence electrons. The van der Waals surface area contributed by atoms with Crippen molar-refractivity contribution in [2.45, 2.75) is 32.7 Å². The average molecular weight is 334 g/mol. The molecule has 0 aliphatic carbocycles. The van der Waals surface area contributed by atoms with Gasteiger partial charge in [0.05, 0.1) is 6.61 Å². The number of rotatable bonds is 5. The largest absolute Gasteiger partial charge is 0.493 e. The molecule has 2 heterocycles. The minimum atomic E-state index is 0.833. The van der Waals surface area contributed by atoms with Crippen LogP contribution in [0, 0.1) is 0 Å². The zero-order chi connectivity index (χ0) is 16.1. The first-order valence-corrected chi connectivity index (χ1v) is 9.17. The molecule has 23 heavy (non-hydrogen) atoms. The van der Waals surface area contributed by atoms with Gasteiger partial charge >= 0.3 is 0 Å². The molecule has 4 nitrogen and oxygen atoms in total. The Morgan fingerprint density at radius 2 is 2.09 bits per heavy atom. The zero-order valence-electron chi connectivity index (χ0n) is 14.0. The van der Waals surface area contributed by atoms with Crippen molar-refractivity contribution in [1.82, 2.24) is 15.1 Å². The lowest BCUT2D eigenvalue weighted by Gasteiger charge is -2.36. The molecule has 1 fully saturated rings. The van der Waals surface area contributed by atoms with Crippen LogP contribution in [0.3, 0.4) is 0 Å². The number of nitrogens with one attached hydrogen (secondary N) is 1. The fourth-order valence-electron chi connectivity index (χ4n) is 3.19. The van der Waals surface area contributed by atoms with E-state index in [1.54, 1.807) is 0 Å². The molecule has 0 radical (unpaired) electrons. The van der Waals surface area contributed by atoms with E-state index in [1.165, 1.54) is 24.0 Å². The minimum Gasteiger partial charge on any atom is -0.493 e. The third-order valence-electron chi connectivity index (χ3n) is 4.63. The highest BCUT2D eigenvalue weighted by atomic mass is 32.1. The van der Waals surface area contributed by atoms with Crippen LogP contribution in [0.15, 0.2) is 18.2 Å². The van der Waals surface area contributed by atoms with Gasteiger partial charge in [0, 0.05) is 45.7 Å². The summed E-state index contributed by atoms with van der Waals surface area (Å²) in [6.45, 7) is 9.24. The number of thiocarbonyl (C=S) groups is 1. The molecule has 5 heteroatoms. The number of hydrogen-bond acceptors (Lipinski definition) is 3. The smallest absolute Gasteiger partial charge is 0.169 e. The maximum atomic E-state index is 5.58. The van der Waals surface area contributed by atoms with Crippen LogP contribution >= 0.6 is 12.2 Å².